The first-order valence-corrected chi connectivity index (χ1v) is 15.1. The van der Waals surface area contributed by atoms with E-state index in [-0.39, 0.29) is 0 Å². The van der Waals surface area contributed by atoms with E-state index in [1.807, 2.05) is 140 Å². The lowest BCUT2D eigenvalue weighted by molar-refractivity contribution is 0.187. The number of hydrogen-bond donors (Lipinski definition) is 0. The number of rotatable bonds is 5. The van der Waals surface area contributed by atoms with Gasteiger partial charge in [-0.15, -0.1) is 0 Å². The van der Waals surface area contributed by atoms with Crippen molar-refractivity contribution in [2.24, 2.45) is 0 Å². The molecule has 0 radical (unpaired) electrons. The number of para-hydroxylation sites is 2. The zero-order valence-electron chi connectivity index (χ0n) is 21.6. The summed E-state index contributed by atoms with van der Waals surface area (Å²) in [6.45, 7) is 0. The van der Waals surface area contributed by atoms with Crippen molar-refractivity contribution in [3.05, 3.63) is 151 Å². The number of hydrogen-bond acceptors (Lipinski definition) is 5. The highest BCUT2D eigenvalue weighted by Gasteiger charge is 2.53. The van der Waals surface area contributed by atoms with Crippen LogP contribution in [-0.2, 0) is 13.9 Å². The summed E-state index contributed by atoms with van der Waals surface area (Å²) in [7, 11) is -5.08. The number of fused-ring (bicyclic) bond motifs is 2. The molecule has 0 aromatic heterocycles. The Labute approximate surface area is 234 Å². The van der Waals surface area contributed by atoms with Gasteiger partial charge in [-0.2, -0.15) is 0 Å². The first-order valence-electron chi connectivity index (χ1n) is 13.3. The van der Waals surface area contributed by atoms with E-state index < -0.39 is 33.1 Å². The van der Waals surface area contributed by atoms with Crippen molar-refractivity contribution in [1.29, 1.82) is 0 Å². The second-order valence-corrected chi connectivity index (χ2v) is 12.7. The third-order valence-electron chi connectivity index (χ3n) is 7.34. The summed E-state index contributed by atoms with van der Waals surface area (Å²) < 4.78 is 42.1. The second-order valence-electron chi connectivity index (χ2n) is 9.82. The minimum Gasteiger partial charge on any atom is -0.532 e. The van der Waals surface area contributed by atoms with Crippen LogP contribution in [0.15, 0.2) is 140 Å². The van der Waals surface area contributed by atoms with Crippen LogP contribution in [-0.4, -0.2) is 14.2 Å². The molecule has 2 aliphatic heterocycles. The Morgan fingerprint density at radius 1 is 0.475 bits per heavy atom. The molecule has 2 aliphatic rings. The largest absolute Gasteiger partial charge is 0.563 e. The molecule has 5 aromatic carbocycles. The summed E-state index contributed by atoms with van der Waals surface area (Å²) in [5, 5.41) is 0.664. The fraction of sp³-hybridized carbons (Fsp3) is 0.0625. The van der Waals surface area contributed by atoms with Crippen LogP contribution in [0.2, 0.25) is 0 Å². The Bertz CT molecular complexity index is 1570. The highest BCUT2D eigenvalue weighted by Crippen LogP contribution is 2.71. The number of benzene rings is 5. The first-order chi connectivity index (χ1) is 19.7. The molecule has 2 heterocycles. The normalized spacial score (nSPS) is 19.4. The van der Waals surface area contributed by atoms with E-state index >= 15 is 4.57 Å². The molecule has 40 heavy (non-hydrogen) atoms. The summed E-state index contributed by atoms with van der Waals surface area (Å²) in [6, 6.07) is 44.3. The lowest BCUT2D eigenvalue weighted by Crippen LogP contribution is -2.46. The van der Waals surface area contributed by atoms with Gasteiger partial charge in [0.1, 0.15) is 23.2 Å². The molecule has 0 saturated heterocycles. The molecule has 2 unspecified atom stereocenters. The Morgan fingerprint density at radius 3 is 1.30 bits per heavy atom. The van der Waals surface area contributed by atoms with Crippen LogP contribution in [0.1, 0.15) is 22.8 Å². The highest BCUT2D eigenvalue weighted by molar-refractivity contribution is 7.72. The van der Waals surface area contributed by atoms with E-state index in [1.54, 1.807) is 0 Å². The third-order valence-corrected chi connectivity index (χ3v) is 10.6. The predicted molar refractivity (Wildman–Crippen MR) is 159 cm³/mol. The van der Waals surface area contributed by atoms with Gasteiger partial charge in [-0.1, -0.05) is 127 Å². The average Bonchev–Trinajstić information content (AvgIpc) is 3.04. The average molecular weight is 542 g/mol. The zero-order valence-corrected chi connectivity index (χ0v) is 22.5. The van der Waals surface area contributed by atoms with Crippen LogP contribution in [0, 0.1) is 0 Å². The summed E-state index contributed by atoms with van der Waals surface area (Å²) in [5.74, 6) is -0.386. The summed E-state index contributed by atoms with van der Waals surface area (Å²) in [5.41, 5.74) is 3.14. The van der Waals surface area contributed by atoms with Gasteiger partial charge in [0.2, 0.25) is 0 Å². The van der Waals surface area contributed by atoms with E-state index in [9.17, 15) is 0 Å². The molecule has 2 atom stereocenters. The molecule has 194 valence electrons. The topological polar surface area (TPSA) is 54.0 Å². The van der Waals surface area contributed by atoms with Gasteiger partial charge in [0.05, 0.1) is 0 Å². The minimum absolute atomic E-state index is 0.642. The molecule has 0 aliphatic carbocycles. The quantitative estimate of drug-likeness (QED) is 0.212. The van der Waals surface area contributed by atoms with Gasteiger partial charge < -0.3 is 23.2 Å². The lowest BCUT2D eigenvalue weighted by Gasteiger charge is -2.42. The molecule has 0 spiro atoms. The smallest absolute Gasteiger partial charge is 0.532 e. The molecule has 8 heteroatoms. The van der Waals surface area contributed by atoms with Crippen molar-refractivity contribution in [2.75, 3.05) is 0 Å². The SMILES string of the molecule is O=P(c1ccccc1)(C1OB(c2ccccc2)Oc2ccccc21)C1OB(c2ccccc2)Oc2ccccc21. The maximum atomic E-state index is 16.0. The molecule has 0 bridgehead atoms. The molecule has 0 amide bonds. The Hall–Kier alpha value is -4.02. The molecule has 5 nitrogen and oxygen atoms in total. The van der Waals surface area contributed by atoms with Crippen molar-refractivity contribution < 1.29 is 23.2 Å². The van der Waals surface area contributed by atoms with Crippen LogP contribution in [0.4, 0.5) is 0 Å². The Kier molecular flexibility index (Phi) is 6.57. The maximum Gasteiger partial charge on any atom is 0.563 e. The lowest BCUT2D eigenvalue weighted by atomic mass is 9.77. The molecule has 7 rings (SSSR count). The van der Waals surface area contributed by atoms with Gasteiger partial charge >= 0.3 is 14.2 Å². The van der Waals surface area contributed by atoms with Crippen LogP contribution < -0.4 is 25.5 Å². The third kappa shape index (κ3) is 4.37. The van der Waals surface area contributed by atoms with Crippen LogP contribution in [0.3, 0.4) is 0 Å². The Balaban J connectivity index is 1.43. The highest BCUT2D eigenvalue weighted by atomic mass is 31.2. The minimum atomic E-state index is -3.61. The zero-order chi connectivity index (χ0) is 26.9. The van der Waals surface area contributed by atoms with Crippen LogP contribution in [0.5, 0.6) is 11.5 Å². The van der Waals surface area contributed by atoms with Gasteiger partial charge in [-0.05, 0) is 23.1 Å². The predicted octanol–water partition coefficient (Wildman–Crippen LogP) is 5.68. The molecular formula is C32H25B2O5P. The molecule has 0 N–H and O–H groups in total. The van der Waals surface area contributed by atoms with Gasteiger partial charge in [0.15, 0.2) is 7.14 Å². The van der Waals surface area contributed by atoms with Gasteiger partial charge in [0.25, 0.3) is 0 Å². The fourth-order valence-corrected chi connectivity index (χ4v) is 8.67. The van der Waals surface area contributed by atoms with Crippen molar-refractivity contribution in [2.45, 2.75) is 11.7 Å². The summed E-state index contributed by atoms with van der Waals surface area (Å²) in [4.78, 5) is 0. The van der Waals surface area contributed by atoms with E-state index in [0.29, 0.717) is 16.8 Å². The Morgan fingerprint density at radius 2 is 0.850 bits per heavy atom. The van der Waals surface area contributed by atoms with Crippen molar-refractivity contribution in [3.8, 4) is 11.5 Å². The monoisotopic (exact) mass is 542 g/mol. The summed E-state index contributed by atoms with van der Waals surface area (Å²) >= 11 is 0. The van der Waals surface area contributed by atoms with Crippen LogP contribution in [0.25, 0.3) is 0 Å². The molecule has 0 saturated carbocycles. The fourth-order valence-electron chi connectivity index (χ4n) is 5.41. The standard InChI is InChI=1S/C32H25B2O5P/c35-40(26-18-8-3-9-19-26,31-27-20-10-12-22-29(27)36-33(38-31)24-14-4-1-5-15-24)32-28-21-11-13-23-30(28)37-34(39-32)25-16-6-2-7-17-25/h1-23,31-32H. The van der Waals surface area contributed by atoms with E-state index in [1.165, 1.54) is 0 Å². The van der Waals surface area contributed by atoms with E-state index in [2.05, 4.69) is 0 Å². The van der Waals surface area contributed by atoms with Crippen molar-refractivity contribution in [3.63, 3.8) is 0 Å². The van der Waals surface area contributed by atoms with Gasteiger partial charge in [-0.25, -0.2) is 0 Å². The summed E-state index contributed by atoms with van der Waals surface area (Å²) in [6.07, 6.45) is 0. The molecular weight excluding hydrogens is 517 g/mol. The second kappa shape index (κ2) is 10.5. The van der Waals surface area contributed by atoms with Gasteiger partial charge in [-0.3, -0.25) is 0 Å². The van der Waals surface area contributed by atoms with Crippen molar-refractivity contribution >= 4 is 37.6 Å². The first kappa shape index (κ1) is 25.0. The van der Waals surface area contributed by atoms with Crippen molar-refractivity contribution in [1.82, 2.24) is 0 Å². The maximum absolute atomic E-state index is 16.0. The molecule has 0 fully saturated rings. The van der Waals surface area contributed by atoms with Crippen LogP contribution >= 0.6 is 7.14 Å². The molecule has 5 aromatic rings. The van der Waals surface area contributed by atoms with Gasteiger partial charge in [0, 0.05) is 16.4 Å². The van der Waals surface area contributed by atoms with E-state index in [4.69, 9.17) is 18.6 Å². The van der Waals surface area contributed by atoms with E-state index in [0.717, 1.165) is 22.1 Å².